The lowest BCUT2D eigenvalue weighted by molar-refractivity contribution is -0.137. The van der Waals surface area contributed by atoms with Crippen LogP contribution in [0.2, 0.25) is 0 Å². The highest BCUT2D eigenvalue weighted by Gasteiger charge is 2.31. The number of primary sulfonamides is 1. The van der Waals surface area contributed by atoms with Crippen LogP contribution < -0.4 is 15.2 Å². The van der Waals surface area contributed by atoms with Crippen molar-refractivity contribution in [1.29, 1.82) is 0 Å². The van der Waals surface area contributed by atoms with Gasteiger partial charge in [0.1, 0.15) is 5.75 Å². The van der Waals surface area contributed by atoms with E-state index in [2.05, 4.69) is 5.32 Å². The van der Waals surface area contributed by atoms with Gasteiger partial charge in [-0.05, 0) is 30.3 Å². The summed E-state index contributed by atoms with van der Waals surface area (Å²) < 4.78 is 70.1. The van der Waals surface area contributed by atoms with Gasteiger partial charge in [0.15, 0.2) is 5.76 Å². The maximum absolute atomic E-state index is 12.7. The van der Waals surface area contributed by atoms with Crippen molar-refractivity contribution in [2.45, 2.75) is 11.3 Å². The fraction of sp³-hybridized carbons (Fsp3) is 0.154. The number of amides is 1. The van der Waals surface area contributed by atoms with Crippen LogP contribution in [0, 0.1) is 0 Å². The van der Waals surface area contributed by atoms with E-state index >= 15 is 0 Å². The summed E-state index contributed by atoms with van der Waals surface area (Å²) in [7, 11) is -2.93. The van der Waals surface area contributed by atoms with Crippen LogP contribution in [0.5, 0.6) is 5.75 Å². The van der Waals surface area contributed by atoms with Crippen LogP contribution in [0.3, 0.4) is 0 Å². The van der Waals surface area contributed by atoms with Crippen LogP contribution in [0.1, 0.15) is 16.1 Å². The molecule has 0 spiro atoms. The molecule has 0 aliphatic heterocycles. The number of halogens is 3. The highest BCUT2D eigenvalue weighted by atomic mass is 32.2. The Bertz CT molecular complexity index is 874. The number of methoxy groups -OCH3 is 1. The number of anilines is 1. The Balaban J connectivity index is 2.33. The molecule has 1 heterocycles. The third-order valence-electron chi connectivity index (χ3n) is 2.86. The van der Waals surface area contributed by atoms with E-state index < -0.39 is 38.5 Å². The predicted molar refractivity (Wildman–Crippen MR) is 76.0 cm³/mol. The maximum Gasteiger partial charge on any atom is 0.416 e. The average molecular weight is 364 g/mol. The first kappa shape index (κ1) is 17.8. The zero-order valence-corrected chi connectivity index (χ0v) is 12.9. The maximum atomic E-state index is 12.7. The molecule has 3 N–H and O–H groups in total. The van der Waals surface area contributed by atoms with E-state index in [1.54, 1.807) is 0 Å². The van der Waals surface area contributed by atoms with Gasteiger partial charge in [-0.2, -0.15) is 13.2 Å². The fourth-order valence-electron chi connectivity index (χ4n) is 1.76. The Morgan fingerprint density at radius 1 is 1.25 bits per heavy atom. The van der Waals surface area contributed by atoms with E-state index in [0.29, 0.717) is 6.07 Å². The minimum absolute atomic E-state index is 0.0189. The predicted octanol–water partition coefficient (Wildman–Crippen LogP) is 2.21. The molecule has 0 saturated carbocycles. The van der Waals surface area contributed by atoms with Crippen LogP contribution in [-0.2, 0) is 16.2 Å². The number of carbonyl (C=O) groups excluding carboxylic acids is 1. The molecule has 0 radical (unpaired) electrons. The van der Waals surface area contributed by atoms with Crippen LogP contribution in [-0.4, -0.2) is 21.4 Å². The molecule has 2 rings (SSSR count). The quantitative estimate of drug-likeness (QED) is 0.864. The van der Waals surface area contributed by atoms with Crippen molar-refractivity contribution in [2.75, 3.05) is 12.4 Å². The number of sulfonamides is 1. The Morgan fingerprint density at radius 3 is 2.42 bits per heavy atom. The number of hydrogen-bond donors (Lipinski definition) is 2. The van der Waals surface area contributed by atoms with Crippen molar-refractivity contribution >= 4 is 21.6 Å². The number of furan rings is 1. The first-order valence-electron chi connectivity index (χ1n) is 6.21. The molecular formula is C13H11F3N2O5S. The monoisotopic (exact) mass is 364 g/mol. The van der Waals surface area contributed by atoms with Crippen LogP contribution in [0.25, 0.3) is 0 Å². The van der Waals surface area contributed by atoms with E-state index in [-0.39, 0.29) is 11.4 Å². The second-order valence-electron chi connectivity index (χ2n) is 4.53. The fourth-order valence-corrected chi connectivity index (χ4v) is 2.22. The molecule has 7 nitrogen and oxygen atoms in total. The smallest absolute Gasteiger partial charge is 0.416 e. The second kappa shape index (κ2) is 6.17. The first-order chi connectivity index (χ1) is 11.0. The summed E-state index contributed by atoms with van der Waals surface area (Å²) in [6, 6.07) is 4.49. The number of nitrogens with one attached hydrogen (secondary N) is 1. The topological polar surface area (TPSA) is 112 Å². The number of hydrogen-bond acceptors (Lipinski definition) is 5. The minimum Gasteiger partial charge on any atom is -0.495 e. The van der Waals surface area contributed by atoms with Crippen molar-refractivity contribution in [3.8, 4) is 5.75 Å². The molecule has 24 heavy (non-hydrogen) atoms. The lowest BCUT2D eigenvalue weighted by Crippen LogP contribution is -2.14. The molecule has 1 aromatic carbocycles. The van der Waals surface area contributed by atoms with Crippen molar-refractivity contribution in [3.05, 3.63) is 41.7 Å². The van der Waals surface area contributed by atoms with Gasteiger partial charge in [0.25, 0.3) is 15.9 Å². The van der Waals surface area contributed by atoms with E-state index in [1.165, 1.54) is 7.11 Å². The summed E-state index contributed by atoms with van der Waals surface area (Å²) in [6.07, 6.45) is -4.61. The lowest BCUT2D eigenvalue weighted by Gasteiger charge is -2.13. The molecule has 0 fully saturated rings. The average Bonchev–Trinajstić information content (AvgIpc) is 2.96. The summed E-state index contributed by atoms with van der Waals surface area (Å²) in [6.45, 7) is 0. The Morgan fingerprint density at radius 2 is 1.92 bits per heavy atom. The number of benzene rings is 1. The molecule has 0 saturated heterocycles. The third-order valence-corrected chi connectivity index (χ3v) is 3.64. The molecule has 2 aromatic rings. The number of nitrogens with two attached hydrogens (primary N) is 1. The zero-order chi connectivity index (χ0) is 18.1. The van der Waals surface area contributed by atoms with Gasteiger partial charge in [-0.1, -0.05) is 0 Å². The highest BCUT2D eigenvalue weighted by molar-refractivity contribution is 7.89. The van der Waals surface area contributed by atoms with Gasteiger partial charge in [-0.15, -0.1) is 0 Å². The molecule has 11 heteroatoms. The van der Waals surface area contributed by atoms with Gasteiger partial charge in [0.2, 0.25) is 5.09 Å². The Kier molecular flexibility index (Phi) is 4.58. The van der Waals surface area contributed by atoms with Crippen molar-refractivity contribution in [3.63, 3.8) is 0 Å². The normalized spacial score (nSPS) is 12.0. The number of alkyl halides is 3. The molecule has 0 unspecified atom stereocenters. The summed E-state index contributed by atoms with van der Waals surface area (Å²) in [5, 5.41) is 6.35. The molecule has 0 atom stereocenters. The molecule has 1 amide bonds. The largest absolute Gasteiger partial charge is 0.495 e. The molecule has 130 valence electrons. The third kappa shape index (κ3) is 3.86. The first-order valence-corrected chi connectivity index (χ1v) is 7.76. The summed E-state index contributed by atoms with van der Waals surface area (Å²) in [5.74, 6) is -1.43. The lowest BCUT2D eigenvalue weighted by atomic mass is 10.1. The summed E-state index contributed by atoms with van der Waals surface area (Å²) in [4.78, 5) is 12.0. The molecular weight excluding hydrogens is 353 g/mol. The zero-order valence-electron chi connectivity index (χ0n) is 12.0. The Labute approximate surface area is 134 Å². The van der Waals surface area contributed by atoms with E-state index in [0.717, 1.165) is 24.3 Å². The highest BCUT2D eigenvalue weighted by Crippen LogP contribution is 2.35. The SMILES string of the molecule is COc1ccc(C(F)(F)F)cc1NC(=O)c1ccc(S(N)(=O)=O)o1. The van der Waals surface area contributed by atoms with Gasteiger partial charge in [0, 0.05) is 0 Å². The van der Waals surface area contributed by atoms with Gasteiger partial charge in [-0.3, -0.25) is 4.79 Å². The van der Waals surface area contributed by atoms with Gasteiger partial charge in [-0.25, -0.2) is 13.6 Å². The minimum atomic E-state index is -4.61. The van der Waals surface area contributed by atoms with E-state index in [1.807, 2.05) is 0 Å². The van der Waals surface area contributed by atoms with Crippen LogP contribution >= 0.6 is 0 Å². The van der Waals surface area contributed by atoms with E-state index in [9.17, 15) is 26.4 Å². The van der Waals surface area contributed by atoms with E-state index in [4.69, 9.17) is 14.3 Å². The number of rotatable bonds is 4. The summed E-state index contributed by atoms with van der Waals surface area (Å²) >= 11 is 0. The Hall–Kier alpha value is -2.53. The van der Waals surface area contributed by atoms with Crippen molar-refractivity contribution < 1.29 is 35.5 Å². The molecule has 0 aliphatic rings. The van der Waals surface area contributed by atoms with Crippen LogP contribution in [0.15, 0.2) is 39.8 Å². The molecule has 0 aliphatic carbocycles. The van der Waals surface area contributed by atoms with Crippen molar-refractivity contribution in [1.82, 2.24) is 0 Å². The molecule has 0 bridgehead atoms. The van der Waals surface area contributed by atoms with Gasteiger partial charge >= 0.3 is 6.18 Å². The van der Waals surface area contributed by atoms with Gasteiger partial charge in [0.05, 0.1) is 18.4 Å². The van der Waals surface area contributed by atoms with Crippen molar-refractivity contribution in [2.24, 2.45) is 5.14 Å². The van der Waals surface area contributed by atoms with Crippen LogP contribution in [0.4, 0.5) is 18.9 Å². The molecule has 1 aromatic heterocycles. The standard InChI is InChI=1S/C13H11F3N2O5S/c1-22-9-3-2-7(13(14,15)16)6-8(9)18-12(19)10-4-5-11(23-10)24(17,20)21/h2-6H,1H3,(H,18,19)(H2,17,20,21). The second-order valence-corrected chi connectivity index (χ2v) is 6.02. The number of carbonyl (C=O) groups is 1. The summed E-state index contributed by atoms with van der Waals surface area (Å²) in [5.41, 5.74) is -1.26. The van der Waals surface area contributed by atoms with Gasteiger partial charge < -0.3 is 14.5 Å². The number of ether oxygens (including phenoxy) is 1.